The van der Waals surface area contributed by atoms with Crippen molar-refractivity contribution in [2.45, 2.75) is 48.0 Å². The minimum atomic E-state index is -3.58. The number of benzene rings is 2. The van der Waals surface area contributed by atoms with E-state index in [1.165, 1.54) is 4.31 Å². The Balaban J connectivity index is 1.50. The van der Waals surface area contributed by atoms with Crippen LogP contribution in [-0.2, 0) is 22.3 Å². The van der Waals surface area contributed by atoms with Gasteiger partial charge in [0.25, 0.3) is 0 Å². The Kier molecular flexibility index (Phi) is 5.71. The molecule has 1 aromatic heterocycles. The summed E-state index contributed by atoms with van der Waals surface area (Å²) in [5.74, 6) is -2.71. The topological polar surface area (TPSA) is 55.2 Å². The first-order valence-electron chi connectivity index (χ1n) is 10.6. The first kappa shape index (κ1) is 21.8. The van der Waals surface area contributed by atoms with E-state index >= 15 is 0 Å². The number of aromatic nitrogens is 2. The van der Waals surface area contributed by atoms with Crippen molar-refractivity contribution in [2.75, 3.05) is 13.1 Å². The van der Waals surface area contributed by atoms with Gasteiger partial charge in [0, 0.05) is 31.0 Å². The maximum absolute atomic E-state index is 14.1. The summed E-state index contributed by atoms with van der Waals surface area (Å²) in [4.78, 5) is 4.79. The second-order valence-corrected chi connectivity index (χ2v) is 11.2. The summed E-state index contributed by atoms with van der Waals surface area (Å²) in [7, 11) is -3.58. The predicted molar refractivity (Wildman–Crippen MR) is 116 cm³/mol. The van der Waals surface area contributed by atoms with Crippen LogP contribution in [0.5, 0.6) is 0 Å². The van der Waals surface area contributed by atoms with Crippen LogP contribution >= 0.6 is 11.8 Å². The van der Waals surface area contributed by atoms with Crippen molar-refractivity contribution >= 4 is 32.8 Å². The summed E-state index contributed by atoms with van der Waals surface area (Å²) >= 11 is 1.12. The number of hydrogen-bond donors (Lipinski definition) is 0. The van der Waals surface area contributed by atoms with Crippen molar-refractivity contribution in [3.63, 3.8) is 0 Å². The van der Waals surface area contributed by atoms with E-state index in [9.17, 15) is 21.6 Å². The molecule has 2 aliphatic rings. The van der Waals surface area contributed by atoms with Crippen LogP contribution < -0.4 is 0 Å². The fourth-order valence-corrected chi connectivity index (χ4v) is 6.58. The summed E-state index contributed by atoms with van der Waals surface area (Å²) in [6, 6.07) is 6.60. The third kappa shape index (κ3) is 4.04. The lowest BCUT2D eigenvalue weighted by molar-refractivity contribution is 0.477. The molecule has 1 aliphatic heterocycles. The maximum Gasteiger partial charge on any atom is 0.243 e. The highest BCUT2D eigenvalue weighted by atomic mass is 32.2. The zero-order chi connectivity index (χ0) is 22.5. The third-order valence-corrected chi connectivity index (χ3v) is 8.91. The maximum atomic E-state index is 14.1. The summed E-state index contributed by atoms with van der Waals surface area (Å²) in [5.41, 5.74) is 0.964. The lowest BCUT2D eigenvalue weighted by Crippen LogP contribution is -2.27. The number of sulfonamides is 1. The van der Waals surface area contributed by atoms with E-state index in [1.807, 2.05) is 4.57 Å². The fourth-order valence-electron chi connectivity index (χ4n) is 4.01. The number of nitrogens with zero attached hydrogens (tertiary/aromatic N) is 3. The van der Waals surface area contributed by atoms with Crippen molar-refractivity contribution in [2.24, 2.45) is 5.92 Å². The Morgan fingerprint density at radius 3 is 2.47 bits per heavy atom. The number of hydrogen-bond acceptors (Lipinski definition) is 4. The largest absolute Gasteiger partial charge is 0.319 e. The van der Waals surface area contributed by atoms with Crippen LogP contribution in [0.25, 0.3) is 11.0 Å². The van der Waals surface area contributed by atoms with Crippen LogP contribution in [0.15, 0.2) is 40.4 Å². The van der Waals surface area contributed by atoms with Gasteiger partial charge in [-0.15, -0.1) is 0 Å². The number of imidazole rings is 1. The van der Waals surface area contributed by atoms with E-state index in [4.69, 9.17) is 0 Å². The normalized spacial score (nSPS) is 17.5. The highest BCUT2D eigenvalue weighted by molar-refractivity contribution is 7.98. The molecule has 1 saturated carbocycles. The average molecular weight is 482 g/mol. The van der Waals surface area contributed by atoms with Crippen molar-refractivity contribution in [1.29, 1.82) is 0 Å². The molecule has 5 rings (SSSR count). The molecular formula is C22H22F3N3O2S2. The molecule has 2 fully saturated rings. The molecule has 5 nitrogen and oxygen atoms in total. The Labute approximate surface area is 188 Å². The molecule has 0 N–H and O–H groups in total. The molecule has 10 heteroatoms. The first-order chi connectivity index (χ1) is 15.3. The standard InChI is InChI=1S/C22H22F3N3O2S2/c23-17-6-7-18(24)21(25)16(17)13-31-22-26-19-11-15(32(29,30)27-9-1-2-10-27)5-8-20(19)28(22)12-14-3-4-14/h5-8,11,14H,1-4,9-10,12-13H2. The van der Waals surface area contributed by atoms with Crippen molar-refractivity contribution < 1.29 is 21.6 Å². The van der Waals surface area contributed by atoms with Gasteiger partial charge in [-0.05, 0) is 61.9 Å². The quantitative estimate of drug-likeness (QED) is 0.354. The second kappa shape index (κ2) is 8.39. The Morgan fingerprint density at radius 1 is 1.03 bits per heavy atom. The van der Waals surface area contributed by atoms with E-state index in [1.54, 1.807) is 18.2 Å². The third-order valence-electron chi connectivity index (χ3n) is 6.01. The molecule has 2 heterocycles. The molecule has 0 atom stereocenters. The van der Waals surface area contributed by atoms with Crippen LogP contribution in [-0.4, -0.2) is 35.4 Å². The van der Waals surface area contributed by atoms with E-state index in [0.29, 0.717) is 36.2 Å². The Hall–Kier alpha value is -2.04. The fraction of sp³-hybridized carbons (Fsp3) is 0.409. The molecule has 32 heavy (non-hydrogen) atoms. The van der Waals surface area contributed by atoms with Crippen molar-refractivity contribution in [3.05, 3.63) is 53.3 Å². The summed E-state index contributed by atoms with van der Waals surface area (Å²) in [5, 5.41) is 0.533. The Bertz CT molecular complexity index is 1280. The van der Waals surface area contributed by atoms with Gasteiger partial charge in [0.15, 0.2) is 16.8 Å². The van der Waals surface area contributed by atoms with Gasteiger partial charge in [0.2, 0.25) is 10.0 Å². The van der Waals surface area contributed by atoms with E-state index < -0.39 is 27.5 Å². The second-order valence-electron chi connectivity index (χ2n) is 8.32. The molecule has 0 spiro atoms. The van der Waals surface area contributed by atoms with Gasteiger partial charge in [-0.25, -0.2) is 26.6 Å². The Morgan fingerprint density at radius 2 is 1.75 bits per heavy atom. The van der Waals surface area contributed by atoms with Gasteiger partial charge in [-0.3, -0.25) is 0 Å². The SMILES string of the molecule is O=S(=O)(c1ccc2c(c1)nc(SCc1c(F)ccc(F)c1F)n2CC1CC1)N1CCCC1. The molecule has 1 saturated heterocycles. The summed E-state index contributed by atoms with van der Waals surface area (Å²) < 4.78 is 71.1. The number of rotatable bonds is 7. The van der Waals surface area contributed by atoms with Gasteiger partial charge < -0.3 is 4.57 Å². The molecule has 0 bridgehead atoms. The van der Waals surface area contributed by atoms with Crippen LogP contribution in [0.3, 0.4) is 0 Å². The zero-order valence-electron chi connectivity index (χ0n) is 17.2. The van der Waals surface area contributed by atoms with Gasteiger partial charge in [-0.1, -0.05) is 11.8 Å². The highest BCUT2D eigenvalue weighted by Crippen LogP contribution is 2.36. The van der Waals surface area contributed by atoms with Crippen molar-refractivity contribution in [3.8, 4) is 0 Å². The highest BCUT2D eigenvalue weighted by Gasteiger charge is 2.29. The monoisotopic (exact) mass is 481 g/mol. The van der Waals surface area contributed by atoms with Gasteiger partial charge in [-0.2, -0.15) is 4.31 Å². The molecule has 0 amide bonds. The summed E-state index contributed by atoms with van der Waals surface area (Å²) in [6.07, 6.45) is 3.90. The van der Waals surface area contributed by atoms with E-state index in [2.05, 4.69) is 4.98 Å². The number of fused-ring (bicyclic) bond motifs is 1. The first-order valence-corrected chi connectivity index (χ1v) is 13.0. The van der Waals surface area contributed by atoms with Crippen LogP contribution in [0.2, 0.25) is 0 Å². The van der Waals surface area contributed by atoms with Crippen LogP contribution in [0.4, 0.5) is 13.2 Å². The molecule has 170 valence electrons. The number of halogens is 3. The zero-order valence-corrected chi connectivity index (χ0v) is 18.9. The molecule has 0 unspecified atom stereocenters. The molecular weight excluding hydrogens is 459 g/mol. The minimum absolute atomic E-state index is 0.123. The van der Waals surface area contributed by atoms with Gasteiger partial charge >= 0.3 is 0 Å². The van der Waals surface area contributed by atoms with Gasteiger partial charge in [0.05, 0.1) is 15.9 Å². The smallest absolute Gasteiger partial charge is 0.243 e. The van der Waals surface area contributed by atoms with Crippen LogP contribution in [0.1, 0.15) is 31.2 Å². The predicted octanol–water partition coefficient (Wildman–Crippen LogP) is 4.94. The van der Waals surface area contributed by atoms with E-state index in [0.717, 1.165) is 55.1 Å². The average Bonchev–Trinajstić information content (AvgIpc) is 3.28. The van der Waals surface area contributed by atoms with E-state index in [-0.39, 0.29) is 16.2 Å². The number of thioether (sulfide) groups is 1. The molecule has 1 aliphatic carbocycles. The molecule has 0 radical (unpaired) electrons. The molecule has 2 aromatic carbocycles. The lowest BCUT2D eigenvalue weighted by Gasteiger charge is -2.15. The molecule has 3 aromatic rings. The van der Waals surface area contributed by atoms with Crippen molar-refractivity contribution in [1.82, 2.24) is 13.9 Å². The summed E-state index contributed by atoms with van der Waals surface area (Å²) in [6.45, 7) is 1.73. The van der Waals surface area contributed by atoms with Gasteiger partial charge in [0.1, 0.15) is 5.82 Å². The lowest BCUT2D eigenvalue weighted by atomic mass is 10.2. The van der Waals surface area contributed by atoms with Crippen LogP contribution in [0, 0.1) is 23.4 Å². The minimum Gasteiger partial charge on any atom is -0.319 e.